The predicted octanol–water partition coefficient (Wildman–Crippen LogP) is 0.660. The van der Waals surface area contributed by atoms with Gasteiger partial charge < -0.3 is 11.1 Å². The van der Waals surface area contributed by atoms with Gasteiger partial charge in [-0.15, -0.1) is 0 Å². The van der Waals surface area contributed by atoms with Crippen molar-refractivity contribution in [1.82, 2.24) is 5.32 Å². The highest BCUT2D eigenvalue weighted by Crippen LogP contribution is 2.27. The third kappa shape index (κ3) is 5.56. The molecule has 0 saturated carbocycles. The summed E-state index contributed by atoms with van der Waals surface area (Å²) in [5, 5.41) is 2.47. The van der Waals surface area contributed by atoms with E-state index in [0.717, 1.165) is 0 Å². The molecule has 1 atom stereocenters. The fourth-order valence-electron chi connectivity index (χ4n) is 0.842. The van der Waals surface area contributed by atoms with Crippen molar-refractivity contribution < 1.29 is 9.59 Å². The first-order chi connectivity index (χ1) is 6.23. The molecule has 4 nitrogen and oxygen atoms in total. The van der Waals surface area contributed by atoms with Gasteiger partial charge in [-0.1, -0.05) is 27.7 Å². The lowest BCUT2D eigenvalue weighted by Gasteiger charge is -2.26. The highest BCUT2D eigenvalue weighted by Gasteiger charge is 2.22. The van der Waals surface area contributed by atoms with Crippen LogP contribution >= 0.6 is 0 Å². The Bertz CT molecular complexity index is 219. The molecule has 0 aliphatic rings. The molecular weight excluding hydrogens is 180 g/mol. The maximum absolute atomic E-state index is 11.3. The average Bonchev–Trinajstić information content (AvgIpc) is 1.99. The van der Waals surface area contributed by atoms with Gasteiger partial charge in [-0.3, -0.25) is 9.59 Å². The summed E-state index contributed by atoms with van der Waals surface area (Å²) in [6.45, 7) is 8.19. The maximum atomic E-state index is 11.3. The van der Waals surface area contributed by atoms with E-state index in [-0.39, 0.29) is 23.8 Å². The van der Waals surface area contributed by atoms with Gasteiger partial charge in [0.2, 0.25) is 11.8 Å². The van der Waals surface area contributed by atoms with E-state index in [4.69, 9.17) is 5.73 Å². The van der Waals surface area contributed by atoms with Gasteiger partial charge in [-0.05, 0) is 11.3 Å². The molecule has 0 unspecified atom stereocenters. The minimum atomic E-state index is -0.512. The zero-order chi connectivity index (χ0) is 11.4. The van der Waals surface area contributed by atoms with E-state index >= 15 is 0 Å². The molecule has 0 spiro atoms. The molecule has 0 aromatic rings. The minimum absolute atomic E-state index is 0.0737. The molecule has 0 aliphatic carbocycles. The van der Waals surface area contributed by atoms with Crippen LogP contribution in [-0.2, 0) is 9.59 Å². The van der Waals surface area contributed by atoms with Gasteiger partial charge in [0.05, 0.1) is 6.54 Å². The molecule has 0 aromatic carbocycles. The summed E-state index contributed by atoms with van der Waals surface area (Å²) in [6, 6.07) is 0. The quantitative estimate of drug-likeness (QED) is 0.699. The number of hydrogen-bond acceptors (Lipinski definition) is 2. The summed E-state index contributed by atoms with van der Waals surface area (Å²) in [7, 11) is 0. The number of hydrogen-bond donors (Lipinski definition) is 2. The average molecular weight is 200 g/mol. The second-order valence-electron chi connectivity index (χ2n) is 4.71. The Balaban J connectivity index is 3.89. The van der Waals surface area contributed by atoms with Crippen LogP contribution in [0, 0.1) is 11.3 Å². The van der Waals surface area contributed by atoms with Crippen LogP contribution in [0.15, 0.2) is 0 Å². The second-order valence-corrected chi connectivity index (χ2v) is 4.71. The van der Waals surface area contributed by atoms with Gasteiger partial charge in [-0.25, -0.2) is 0 Å². The fraction of sp³-hybridized carbons (Fsp3) is 0.800. The SMILES string of the molecule is C[C@H](CC(=O)NCC(N)=O)C(C)(C)C. The van der Waals surface area contributed by atoms with Crippen molar-refractivity contribution in [2.45, 2.75) is 34.1 Å². The van der Waals surface area contributed by atoms with Gasteiger partial charge >= 0.3 is 0 Å². The van der Waals surface area contributed by atoms with Gasteiger partial charge in [-0.2, -0.15) is 0 Å². The highest BCUT2D eigenvalue weighted by molar-refractivity contribution is 5.83. The molecule has 0 aliphatic heterocycles. The van der Waals surface area contributed by atoms with Crippen LogP contribution in [0.3, 0.4) is 0 Å². The molecule has 4 heteroatoms. The summed E-state index contributed by atoms with van der Waals surface area (Å²) >= 11 is 0. The van der Waals surface area contributed by atoms with E-state index in [9.17, 15) is 9.59 Å². The summed E-state index contributed by atoms with van der Waals surface area (Å²) in [4.78, 5) is 21.7. The van der Waals surface area contributed by atoms with Crippen LogP contribution in [0.5, 0.6) is 0 Å². The van der Waals surface area contributed by atoms with Crippen LogP contribution in [-0.4, -0.2) is 18.4 Å². The van der Waals surface area contributed by atoms with Crippen molar-refractivity contribution in [2.75, 3.05) is 6.54 Å². The van der Waals surface area contributed by atoms with Gasteiger partial charge in [0.25, 0.3) is 0 Å². The number of primary amides is 1. The molecule has 3 N–H and O–H groups in total. The standard InChI is InChI=1S/C10H20N2O2/c1-7(10(2,3)4)5-9(14)12-6-8(11)13/h7H,5-6H2,1-4H3,(H2,11,13)(H,12,14)/t7-/m1/s1. The Morgan fingerprint density at radius 1 is 1.36 bits per heavy atom. The summed E-state index contributed by atoms with van der Waals surface area (Å²) in [5.41, 5.74) is 5.00. The third-order valence-corrected chi connectivity index (χ3v) is 2.43. The van der Waals surface area contributed by atoms with Crippen LogP contribution in [0.1, 0.15) is 34.1 Å². The number of carbonyl (C=O) groups is 2. The number of rotatable bonds is 4. The van der Waals surface area contributed by atoms with Crippen molar-refractivity contribution >= 4 is 11.8 Å². The first kappa shape index (κ1) is 12.9. The monoisotopic (exact) mass is 200 g/mol. The molecule has 0 radical (unpaired) electrons. The minimum Gasteiger partial charge on any atom is -0.368 e. The molecule has 82 valence electrons. The molecule has 0 rings (SSSR count). The smallest absolute Gasteiger partial charge is 0.236 e. The lowest BCUT2D eigenvalue weighted by atomic mass is 9.80. The molecule has 0 heterocycles. The Kier molecular flexibility index (Phi) is 4.60. The van der Waals surface area contributed by atoms with Gasteiger partial charge in [0, 0.05) is 6.42 Å². The van der Waals surface area contributed by atoms with Crippen molar-refractivity contribution in [2.24, 2.45) is 17.1 Å². The highest BCUT2D eigenvalue weighted by atomic mass is 16.2. The van der Waals surface area contributed by atoms with Gasteiger partial charge in [0.1, 0.15) is 0 Å². The Morgan fingerprint density at radius 2 is 1.86 bits per heavy atom. The van der Waals surface area contributed by atoms with Crippen LogP contribution in [0.4, 0.5) is 0 Å². The lowest BCUT2D eigenvalue weighted by molar-refractivity contribution is -0.125. The lowest BCUT2D eigenvalue weighted by Crippen LogP contribution is -2.35. The van der Waals surface area contributed by atoms with Crippen LogP contribution < -0.4 is 11.1 Å². The van der Waals surface area contributed by atoms with Crippen molar-refractivity contribution in [3.8, 4) is 0 Å². The number of nitrogens with two attached hydrogens (primary N) is 1. The van der Waals surface area contributed by atoms with Crippen LogP contribution in [0.25, 0.3) is 0 Å². The Labute approximate surface area is 85.2 Å². The molecule has 0 bridgehead atoms. The first-order valence-electron chi connectivity index (χ1n) is 4.78. The molecule has 14 heavy (non-hydrogen) atoms. The van der Waals surface area contributed by atoms with E-state index in [1.807, 2.05) is 6.92 Å². The normalized spacial score (nSPS) is 13.4. The molecule has 0 fully saturated rings. The topological polar surface area (TPSA) is 72.2 Å². The number of carbonyl (C=O) groups excluding carboxylic acids is 2. The van der Waals surface area contributed by atoms with E-state index in [1.165, 1.54) is 0 Å². The van der Waals surface area contributed by atoms with Crippen LogP contribution in [0.2, 0.25) is 0 Å². The number of nitrogens with one attached hydrogen (secondary N) is 1. The van der Waals surface area contributed by atoms with Crippen molar-refractivity contribution in [3.63, 3.8) is 0 Å². The molecular formula is C10H20N2O2. The Hall–Kier alpha value is -1.06. The second kappa shape index (κ2) is 4.98. The molecule has 0 aromatic heterocycles. The zero-order valence-electron chi connectivity index (χ0n) is 9.39. The third-order valence-electron chi connectivity index (χ3n) is 2.43. The zero-order valence-corrected chi connectivity index (χ0v) is 9.39. The van der Waals surface area contributed by atoms with Gasteiger partial charge in [0.15, 0.2) is 0 Å². The summed E-state index contributed by atoms with van der Waals surface area (Å²) < 4.78 is 0. The first-order valence-corrected chi connectivity index (χ1v) is 4.78. The predicted molar refractivity (Wildman–Crippen MR) is 55.4 cm³/mol. The maximum Gasteiger partial charge on any atom is 0.236 e. The van der Waals surface area contributed by atoms with E-state index in [1.54, 1.807) is 0 Å². The van der Waals surface area contributed by atoms with Crippen molar-refractivity contribution in [1.29, 1.82) is 0 Å². The van der Waals surface area contributed by atoms with Crippen molar-refractivity contribution in [3.05, 3.63) is 0 Å². The molecule has 0 saturated heterocycles. The molecule has 2 amide bonds. The van der Waals surface area contributed by atoms with E-state index in [2.05, 4.69) is 26.1 Å². The number of amides is 2. The van der Waals surface area contributed by atoms with E-state index < -0.39 is 5.91 Å². The largest absolute Gasteiger partial charge is 0.368 e. The summed E-state index contributed by atoms with van der Waals surface area (Å²) in [6.07, 6.45) is 0.427. The summed E-state index contributed by atoms with van der Waals surface area (Å²) in [5.74, 6) is -0.358. The Morgan fingerprint density at radius 3 is 2.21 bits per heavy atom. The fourth-order valence-corrected chi connectivity index (χ4v) is 0.842. The van der Waals surface area contributed by atoms with E-state index in [0.29, 0.717) is 6.42 Å².